The summed E-state index contributed by atoms with van der Waals surface area (Å²) < 4.78 is 23.0. The molecule has 2 rings (SSSR count). The molecule has 4 nitrogen and oxygen atoms in total. The van der Waals surface area contributed by atoms with Gasteiger partial charge in [-0.25, -0.2) is 8.42 Å². The van der Waals surface area contributed by atoms with E-state index in [0.717, 1.165) is 13.1 Å². The van der Waals surface area contributed by atoms with E-state index in [2.05, 4.69) is 17.1 Å². The summed E-state index contributed by atoms with van der Waals surface area (Å²) in [6, 6.07) is 0.699. The summed E-state index contributed by atoms with van der Waals surface area (Å²) in [5.41, 5.74) is 0. The molecule has 2 saturated heterocycles. The van der Waals surface area contributed by atoms with Crippen molar-refractivity contribution in [3.05, 3.63) is 0 Å². The fourth-order valence-electron chi connectivity index (χ4n) is 2.93. The van der Waals surface area contributed by atoms with Crippen molar-refractivity contribution in [1.82, 2.24) is 10.2 Å². The first-order chi connectivity index (χ1) is 7.48. The number of rotatable bonds is 1. The van der Waals surface area contributed by atoms with Gasteiger partial charge in [0, 0.05) is 25.2 Å². The smallest absolute Gasteiger partial charge is 0.153 e. The number of nitrogens with zero attached hydrogens (tertiary/aromatic N) is 1. The minimum atomic E-state index is -2.78. The molecule has 2 aliphatic rings. The molecule has 3 atom stereocenters. The van der Waals surface area contributed by atoms with E-state index in [1.54, 1.807) is 0 Å². The highest BCUT2D eigenvalue weighted by atomic mass is 32.2. The summed E-state index contributed by atoms with van der Waals surface area (Å²) in [4.78, 5) is 2.38. The van der Waals surface area contributed by atoms with Crippen molar-refractivity contribution in [3.63, 3.8) is 0 Å². The fraction of sp³-hybridized carbons (Fsp3) is 1.00. The first kappa shape index (κ1) is 12.3. The maximum atomic E-state index is 11.5. The van der Waals surface area contributed by atoms with E-state index in [1.807, 2.05) is 6.92 Å². The van der Waals surface area contributed by atoms with E-state index in [9.17, 15) is 8.42 Å². The van der Waals surface area contributed by atoms with Gasteiger partial charge < -0.3 is 5.32 Å². The van der Waals surface area contributed by atoms with Crippen molar-refractivity contribution in [2.75, 3.05) is 31.1 Å². The van der Waals surface area contributed by atoms with Crippen molar-refractivity contribution in [2.45, 2.75) is 32.4 Å². The normalized spacial score (nSPS) is 40.8. The molecule has 0 spiro atoms. The van der Waals surface area contributed by atoms with Gasteiger partial charge in [0.15, 0.2) is 9.84 Å². The Hall–Kier alpha value is -0.130. The van der Waals surface area contributed by atoms with Gasteiger partial charge in [0.05, 0.1) is 11.5 Å². The summed E-state index contributed by atoms with van der Waals surface area (Å²) in [6.07, 6.45) is 1.19. The van der Waals surface area contributed by atoms with Gasteiger partial charge in [0.1, 0.15) is 0 Å². The van der Waals surface area contributed by atoms with Gasteiger partial charge in [0.2, 0.25) is 0 Å². The third kappa shape index (κ3) is 2.76. The zero-order chi connectivity index (χ0) is 11.8. The molecule has 0 aliphatic carbocycles. The topological polar surface area (TPSA) is 49.4 Å². The molecule has 0 saturated carbocycles. The Bertz CT molecular complexity index is 342. The van der Waals surface area contributed by atoms with E-state index < -0.39 is 9.84 Å². The van der Waals surface area contributed by atoms with Crippen LogP contribution in [0, 0.1) is 5.92 Å². The lowest BCUT2D eigenvalue weighted by Gasteiger charge is -2.42. The van der Waals surface area contributed by atoms with Crippen molar-refractivity contribution >= 4 is 9.84 Å². The van der Waals surface area contributed by atoms with Gasteiger partial charge >= 0.3 is 0 Å². The van der Waals surface area contributed by atoms with Crippen molar-refractivity contribution < 1.29 is 8.42 Å². The molecule has 2 heterocycles. The summed E-state index contributed by atoms with van der Waals surface area (Å²) in [5.74, 6) is 1.37. The van der Waals surface area contributed by atoms with Gasteiger partial charge in [0.25, 0.3) is 0 Å². The highest BCUT2D eigenvalue weighted by Gasteiger charge is 2.34. The SMILES string of the molecule is CC1CNCC(N2CCS(=O)(=O)CC2C)C1. The third-order valence-electron chi connectivity index (χ3n) is 3.74. The number of hydrogen-bond acceptors (Lipinski definition) is 4. The van der Waals surface area contributed by atoms with E-state index in [4.69, 9.17) is 0 Å². The zero-order valence-corrected chi connectivity index (χ0v) is 11.0. The van der Waals surface area contributed by atoms with Crippen molar-refractivity contribution in [1.29, 1.82) is 0 Å². The van der Waals surface area contributed by atoms with E-state index >= 15 is 0 Å². The van der Waals surface area contributed by atoms with Crippen LogP contribution in [0.5, 0.6) is 0 Å². The number of piperidine rings is 1. The molecule has 94 valence electrons. The van der Waals surface area contributed by atoms with Crippen molar-refractivity contribution in [3.8, 4) is 0 Å². The van der Waals surface area contributed by atoms with Crippen LogP contribution in [0.25, 0.3) is 0 Å². The van der Waals surface area contributed by atoms with Crippen LogP contribution in [0.2, 0.25) is 0 Å². The number of nitrogens with one attached hydrogen (secondary N) is 1. The van der Waals surface area contributed by atoms with Crippen LogP contribution in [0.15, 0.2) is 0 Å². The Balaban J connectivity index is 1.99. The minimum absolute atomic E-state index is 0.177. The molecule has 2 fully saturated rings. The summed E-state index contributed by atoms with van der Waals surface area (Å²) in [7, 11) is -2.78. The summed E-state index contributed by atoms with van der Waals surface area (Å²) in [6.45, 7) is 7.11. The lowest BCUT2D eigenvalue weighted by Crippen LogP contribution is -2.56. The van der Waals surface area contributed by atoms with Crippen LogP contribution < -0.4 is 5.32 Å². The first-order valence-corrected chi connectivity index (χ1v) is 7.97. The van der Waals surface area contributed by atoms with Gasteiger partial charge in [-0.3, -0.25) is 4.90 Å². The molecular weight excluding hydrogens is 224 g/mol. The number of sulfone groups is 1. The molecule has 0 amide bonds. The average Bonchev–Trinajstić information content (AvgIpc) is 2.15. The molecule has 16 heavy (non-hydrogen) atoms. The minimum Gasteiger partial charge on any atom is -0.315 e. The van der Waals surface area contributed by atoms with E-state index in [0.29, 0.717) is 30.0 Å². The van der Waals surface area contributed by atoms with E-state index in [-0.39, 0.29) is 6.04 Å². The summed E-state index contributed by atoms with van der Waals surface area (Å²) in [5, 5.41) is 3.43. The molecule has 5 heteroatoms. The van der Waals surface area contributed by atoms with Crippen LogP contribution in [-0.2, 0) is 9.84 Å². The van der Waals surface area contributed by atoms with Gasteiger partial charge in [-0.05, 0) is 25.8 Å². The maximum Gasteiger partial charge on any atom is 0.153 e. The van der Waals surface area contributed by atoms with Crippen molar-refractivity contribution in [2.24, 2.45) is 5.92 Å². The van der Waals surface area contributed by atoms with Gasteiger partial charge in [-0.2, -0.15) is 0 Å². The Kier molecular flexibility index (Phi) is 3.56. The molecule has 0 bridgehead atoms. The predicted octanol–water partition coefficient (Wildman–Crippen LogP) is 0.103. The maximum absolute atomic E-state index is 11.5. The van der Waals surface area contributed by atoms with Gasteiger partial charge in [-0.15, -0.1) is 0 Å². The molecule has 0 aromatic rings. The predicted molar refractivity (Wildman–Crippen MR) is 65.3 cm³/mol. The Morgan fingerprint density at radius 3 is 2.62 bits per heavy atom. The Morgan fingerprint density at radius 1 is 1.25 bits per heavy atom. The average molecular weight is 246 g/mol. The molecule has 1 N–H and O–H groups in total. The molecule has 2 aliphatic heterocycles. The fourth-order valence-corrected chi connectivity index (χ4v) is 4.52. The molecule has 3 unspecified atom stereocenters. The molecule has 0 radical (unpaired) electrons. The van der Waals surface area contributed by atoms with Crippen LogP contribution in [0.3, 0.4) is 0 Å². The second-order valence-corrected chi connectivity index (χ2v) is 7.58. The summed E-state index contributed by atoms with van der Waals surface area (Å²) >= 11 is 0. The van der Waals surface area contributed by atoms with Crippen LogP contribution in [0.4, 0.5) is 0 Å². The lowest BCUT2D eigenvalue weighted by molar-refractivity contribution is 0.116. The van der Waals surface area contributed by atoms with Crippen LogP contribution in [0.1, 0.15) is 20.3 Å². The molecule has 0 aromatic carbocycles. The lowest BCUT2D eigenvalue weighted by atomic mass is 9.95. The molecular formula is C11H22N2O2S. The Morgan fingerprint density at radius 2 is 2.00 bits per heavy atom. The quantitative estimate of drug-likeness (QED) is 0.713. The number of hydrogen-bond donors (Lipinski definition) is 1. The molecule has 0 aromatic heterocycles. The highest BCUT2D eigenvalue weighted by molar-refractivity contribution is 7.91. The standard InChI is InChI=1S/C11H22N2O2S/c1-9-5-11(7-12-6-9)13-3-4-16(14,15)8-10(13)2/h9-12H,3-8H2,1-2H3. The zero-order valence-electron chi connectivity index (χ0n) is 10.1. The first-order valence-electron chi connectivity index (χ1n) is 6.15. The van der Waals surface area contributed by atoms with Gasteiger partial charge in [-0.1, -0.05) is 6.92 Å². The Labute approximate surface area is 98.3 Å². The largest absolute Gasteiger partial charge is 0.315 e. The van der Waals surface area contributed by atoms with Crippen LogP contribution >= 0.6 is 0 Å². The highest BCUT2D eigenvalue weighted by Crippen LogP contribution is 2.21. The second-order valence-electron chi connectivity index (χ2n) is 5.35. The third-order valence-corrected chi connectivity index (χ3v) is 5.53. The van der Waals surface area contributed by atoms with E-state index in [1.165, 1.54) is 6.42 Å². The second kappa shape index (κ2) is 4.63. The van der Waals surface area contributed by atoms with Crippen LogP contribution in [-0.4, -0.2) is 56.5 Å². The monoisotopic (exact) mass is 246 g/mol.